The van der Waals surface area contributed by atoms with E-state index >= 15 is 0 Å². The van der Waals surface area contributed by atoms with Crippen molar-refractivity contribution < 1.29 is 19.3 Å². The van der Waals surface area contributed by atoms with E-state index in [1.807, 2.05) is 32.0 Å². The fourth-order valence-corrected chi connectivity index (χ4v) is 2.21. The van der Waals surface area contributed by atoms with E-state index in [0.29, 0.717) is 10.8 Å². The fourth-order valence-electron chi connectivity index (χ4n) is 2.21. The van der Waals surface area contributed by atoms with Crippen LogP contribution in [0.25, 0.3) is 0 Å². The zero-order chi connectivity index (χ0) is 16.8. The lowest BCUT2D eigenvalue weighted by Gasteiger charge is -2.19. The molecule has 0 aliphatic rings. The molecule has 2 aromatic carbocycles. The van der Waals surface area contributed by atoms with Crippen LogP contribution < -0.4 is 0 Å². The summed E-state index contributed by atoms with van der Waals surface area (Å²) < 4.78 is 0. The van der Waals surface area contributed by atoms with E-state index in [1.165, 1.54) is 6.92 Å². The molecule has 0 aromatic heterocycles. The van der Waals surface area contributed by atoms with Gasteiger partial charge in [0.15, 0.2) is 0 Å². The zero-order valence-electron chi connectivity index (χ0n) is 13.4. The number of rotatable bonds is 4. The number of hydrogen-bond donors (Lipinski definition) is 0. The van der Waals surface area contributed by atoms with Crippen LogP contribution in [0.15, 0.2) is 48.5 Å². The van der Waals surface area contributed by atoms with Gasteiger partial charge in [0.2, 0.25) is 0 Å². The Balaban J connectivity index is 2.12. The molecule has 5 nitrogen and oxygen atoms in total. The molecule has 0 aliphatic heterocycles. The molecular weight excluding hydrogens is 294 g/mol. The third-order valence-corrected chi connectivity index (χ3v) is 3.03. The molecule has 0 N–H and O–H groups in total. The molecule has 23 heavy (non-hydrogen) atoms. The standard InChI is InChI=1S/C18H19NO4/c1-13-9-14(2)11-16(10-13)12-22-19(23-15(3)20)18(21)17-7-5-4-6-8-17/h4-11H,12H2,1-3H3. The van der Waals surface area contributed by atoms with Gasteiger partial charge in [-0.05, 0) is 36.8 Å². The van der Waals surface area contributed by atoms with Crippen molar-refractivity contribution in [1.82, 2.24) is 5.23 Å². The first-order valence-electron chi connectivity index (χ1n) is 7.24. The van der Waals surface area contributed by atoms with Crippen LogP contribution in [0, 0.1) is 13.8 Å². The average molecular weight is 313 g/mol. The molecule has 2 rings (SSSR count). The van der Waals surface area contributed by atoms with Crippen molar-refractivity contribution in [3.63, 3.8) is 0 Å². The molecule has 0 spiro atoms. The Morgan fingerprint density at radius 1 is 1.00 bits per heavy atom. The first kappa shape index (κ1) is 16.7. The smallest absolute Gasteiger partial charge is 0.312 e. The van der Waals surface area contributed by atoms with Gasteiger partial charge in [-0.2, -0.15) is 0 Å². The molecule has 5 heteroatoms. The van der Waals surface area contributed by atoms with Gasteiger partial charge in [0.1, 0.15) is 6.61 Å². The van der Waals surface area contributed by atoms with Crippen molar-refractivity contribution in [2.75, 3.05) is 0 Å². The van der Waals surface area contributed by atoms with Crippen molar-refractivity contribution in [1.29, 1.82) is 0 Å². The highest BCUT2D eigenvalue weighted by Gasteiger charge is 2.20. The molecule has 0 bridgehead atoms. The predicted molar refractivity (Wildman–Crippen MR) is 85.1 cm³/mol. The van der Waals surface area contributed by atoms with Gasteiger partial charge in [0.25, 0.3) is 0 Å². The summed E-state index contributed by atoms with van der Waals surface area (Å²) in [5, 5.41) is 0.634. The van der Waals surface area contributed by atoms with Gasteiger partial charge in [0.05, 0.1) is 0 Å². The minimum atomic E-state index is -0.630. The first-order chi connectivity index (χ1) is 11.0. The molecule has 0 saturated heterocycles. The molecule has 0 heterocycles. The van der Waals surface area contributed by atoms with E-state index in [9.17, 15) is 9.59 Å². The van der Waals surface area contributed by atoms with Gasteiger partial charge in [-0.1, -0.05) is 47.5 Å². The van der Waals surface area contributed by atoms with Crippen LogP contribution in [-0.2, 0) is 21.1 Å². The first-order valence-corrected chi connectivity index (χ1v) is 7.24. The highest BCUT2D eigenvalue weighted by atomic mass is 17.0. The second kappa shape index (κ2) is 7.56. The minimum absolute atomic E-state index is 0.119. The normalized spacial score (nSPS) is 10.2. The highest BCUT2D eigenvalue weighted by Crippen LogP contribution is 2.13. The Labute approximate surface area is 135 Å². The molecule has 0 fully saturated rings. The Hall–Kier alpha value is -2.66. The molecule has 0 saturated carbocycles. The van der Waals surface area contributed by atoms with Crippen molar-refractivity contribution in [3.8, 4) is 0 Å². The van der Waals surface area contributed by atoms with Gasteiger partial charge in [-0.25, -0.2) is 9.63 Å². The number of carbonyl (C=O) groups is 2. The lowest BCUT2D eigenvalue weighted by Crippen LogP contribution is -2.33. The molecule has 2 aromatic rings. The van der Waals surface area contributed by atoms with Crippen LogP contribution in [0.2, 0.25) is 0 Å². The summed E-state index contributed by atoms with van der Waals surface area (Å²) in [6.45, 7) is 5.30. The quantitative estimate of drug-likeness (QED) is 0.812. The maximum atomic E-state index is 12.4. The van der Waals surface area contributed by atoms with Crippen molar-refractivity contribution >= 4 is 11.9 Å². The Morgan fingerprint density at radius 2 is 1.61 bits per heavy atom. The lowest BCUT2D eigenvalue weighted by molar-refractivity contribution is -0.312. The molecule has 1 amide bonds. The average Bonchev–Trinajstić information content (AvgIpc) is 2.50. The largest absolute Gasteiger partial charge is 0.332 e. The number of carbonyl (C=O) groups excluding carboxylic acids is 2. The molecule has 0 atom stereocenters. The van der Waals surface area contributed by atoms with E-state index < -0.39 is 11.9 Å². The van der Waals surface area contributed by atoms with Gasteiger partial charge < -0.3 is 4.84 Å². The maximum absolute atomic E-state index is 12.4. The Bertz CT molecular complexity index is 677. The lowest BCUT2D eigenvalue weighted by atomic mass is 10.1. The van der Waals surface area contributed by atoms with E-state index in [1.54, 1.807) is 30.3 Å². The Morgan fingerprint density at radius 3 is 2.17 bits per heavy atom. The summed E-state index contributed by atoms with van der Waals surface area (Å²) in [6, 6.07) is 14.4. The molecule has 0 aliphatic carbocycles. The monoisotopic (exact) mass is 313 g/mol. The van der Waals surface area contributed by atoms with Crippen LogP contribution in [-0.4, -0.2) is 17.1 Å². The SMILES string of the molecule is CC(=O)ON(OCc1cc(C)cc(C)c1)C(=O)c1ccccc1. The molecular formula is C18H19NO4. The van der Waals surface area contributed by atoms with Crippen molar-refractivity contribution in [3.05, 3.63) is 70.8 Å². The van der Waals surface area contributed by atoms with E-state index in [4.69, 9.17) is 9.68 Å². The summed E-state index contributed by atoms with van der Waals surface area (Å²) in [4.78, 5) is 33.8. The summed E-state index contributed by atoms with van der Waals surface area (Å²) >= 11 is 0. The third kappa shape index (κ3) is 4.93. The van der Waals surface area contributed by atoms with E-state index in [2.05, 4.69) is 0 Å². The number of benzene rings is 2. The topological polar surface area (TPSA) is 55.8 Å². The minimum Gasteiger partial charge on any atom is -0.312 e. The second-order valence-electron chi connectivity index (χ2n) is 5.28. The summed E-state index contributed by atoms with van der Waals surface area (Å²) in [7, 11) is 0. The zero-order valence-corrected chi connectivity index (χ0v) is 13.4. The number of hydroxylamine groups is 2. The van der Waals surface area contributed by atoms with Crippen LogP contribution in [0.5, 0.6) is 0 Å². The Kier molecular flexibility index (Phi) is 5.49. The number of nitrogens with zero attached hydrogens (tertiary/aromatic N) is 1. The number of amides is 1. The number of aryl methyl sites for hydroxylation is 2. The van der Waals surface area contributed by atoms with E-state index in [0.717, 1.165) is 16.7 Å². The molecule has 0 radical (unpaired) electrons. The van der Waals surface area contributed by atoms with Gasteiger partial charge >= 0.3 is 11.9 Å². The van der Waals surface area contributed by atoms with Gasteiger partial charge in [-0.15, -0.1) is 0 Å². The second-order valence-corrected chi connectivity index (χ2v) is 5.28. The van der Waals surface area contributed by atoms with E-state index in [-0.39, 0.29) is 6.61 Å². The predicted octanol–water partition coefficient (Wildman–Crippen LogP) is 3.36. The van der Waals surface area contributed by atoms with Crippen LogP contribution in [0.3, 0.4) is 0 Å². The maximum Gasteiger partial charge on any atom is 0.332 e. The highest BCUT2D eigenvalue weighted by molar-refractivity contribution is 5.93. The van der Waals surface area contributed by atoms with Gasteiger partial charge in [-0.3, -0.25) is 4.79 Å². The number of hydrogen-bond acceptors (Lipinski definition) is 4. The molecule has 120 valence electrons. The molecule has 0 unspecified atom stereocenters. The van der Waals surface area contributed by atoms with Crippen LogP contribution in [0.4, 0.5) is 0 Å². The summed E-state index contributed by atoms with van der Waals surface area (Å²) in [5.41, 5.74) is 3.45. The van der Waals surface area contributed by atoms with Crippen LogP contribution >= 0.6 is 0 Å². The van der Waals surface area contributed by atoms with Crippen LogP contribution in [0.1, 0.15) is 34.0 Å². The fraction of sp³-hybridized carbons (Fsp3) is 0.222. The van der Waals surface area contributed by atoms with Crippen molar-refractivity contribution in [2.45, 2.75) is 27.4 Å². The van der Waals surface area contributed by atoms with Crippen molar-refractivity contribution in [2.24, 2.45) is 0 Å². The van der Waals surface area contributed by atoms with Gasteiger partial charge in [0, 0.05) is 12.5 Å². The summed E-state index contributed by atoms with van der Waals surface area (Å²) in [6.07, 6.45) is 0. The third-order valence-electron chi connectivity index (χ3n) is 3.03. The summed E-state index contributed by atoms with van der Waals surface area (Å²) in [5.74, 6) is -1.17.